The summed E-state index contributed by atoms with van der Waals surface area (Å²) in [4.78, 5) is 24.9. The van der Waals surface area contributed by atoms with E-state index in [1.165, 1.54) is 25.1 Å². The Kier molecular flexibility index (Phi) is 4.76. The molecule has 0 aliphatic heterocycles. The van der Waals surface area contributed by atoms with Crippen molar-refractivity contribution in [2.24, 2.45) is 0 Å². The number of halogens is 1. The minimum absolute atomic E-state index is 0.0202. The zero-order valence-electron chi connectivity index (χ0n) is 15.9. The number of ether oxygens (including phenoxy) is 1. The van der Waals surface area contributed by atoms with Gasteiger partial charge in [-0.05, 0) is 31.4 Å². The van der Waals surface area contributed by atoms with Crippen LogP contribution in [-0.2, 0) is 9.53 Å². The van der Waals surface area contributed by atoms with Crippen LogP contribution in [0.15, 0.2) is 65.1 Å². The predicted octanol–water partition coefficient (Wildman–Crippen LogP) is 5.22. The van der Waals surface area contributed by atoms with E-state index in [0.717, 1.165) is 16.2 Å². The number of benzene rings is 3. The van der Waals surface area contributed by atoms with Crippen LogP contribution in [0, 0.1) is 12.7 Å². The number of hydrogen-bond acceptors (Lipinski definition) is 4. The van der Waals surface area contributed by atoms with Crippen LogP contribution in [0.1, 0.15) is 23.0 Å². The average Bonchev–Trinajstić information content (AvgIpc) is 3.07. The molecule has 0 fully saturated rings. The van der Waals surface area contributed by atoms with E-state index in [0.29, 0.717) is 11.1 Å². The van der Waals surface area contributed by atoms with Crippen molar-refractivity contribution < 1.29 is 23.1 Å². The van der Waals surface area contributed by atoms with Crippen molar-refractivity contribution in [1.29, 1.82) is 0 Å². The molecule has 1 N–H and O–H groups in total. The Morgan fingerprint density at radius 2 is 1.72 bits per heavy atom. The highest BCUT2D eigenvalue weighted by molar-refractivity contribution is 6.08. The van der Waals surface area contributed by atoms with Gasteiger partial charge in [0.15, 0.2) is 6.10 Å². The normalized spacial score (nSPS) is 12.1. The molecule has 0 saturated carbocycles. The van der Waals surface area contributed by atoms with Crippen LogP contribution in [0.5, 0.6) is 0 Å². The Hall–Kier alpha value is -3.67. The second kappa shape index (κ2) is 7.39. The summed E-state index contributed by atoms with van der Waals surface area (Å²) in [5.41, 5.74) is 1.25. The van der Waals surface area contributed by atoms with Crippen LogP contribution in [0.25, 0.3) is 21.7 Å². The Bertz CT molecular complexity index is 1240. The SMILES string of the molecule is Cc1c(C(=O)O[C@H](C)C(=O)Nc2ccccc2F)oc2c1ccc1ccccc12. The number of fused-ring (bicyclic) bond motifs is 3. The van der Waals surface area contributed by atoms with E-state index in [1.807, 2.05) is 36.4 Å². The van der Waals surface area contributed by atoms with Gasteiger partial charge in [0.1, 0.15) is 11.4 Å². The monoisotopic (exact) mass is 391 g/mol. The minimum Gasteiger partial charge on any atom is -0.448 e. The van der Waals surface area contributed by atoms with Crippen molar-refractivity contribution in [3.63, 3.8) is 0 Å². The molecule has 0 spiro atoms. The van der Waals surface area contributed by atoms with Crippen LogP contribution >= 0.6 is 0 Å². The molecule has 0 aliphatic rings. The number of rotatable bonds is 4. The first kappa shape index (κ1) is 18.7. The lowest BCUT2D eigenvalue weighted by Gasteiger charge is -2.13. The number of furan rings is 1. The number of esters is 1. The van der Waals surface area contributed by atoms with E-state index in [2.05, 4.69) is 5.32 Å². The first-order valence-corrected chi connectivity index (χ1v) is 9.13. The maximum absolute atomic E-state index is 13.7. The van der Waals surface area contributed by atoms with Crippen LogP contribution in [0.3, 0.4) is 0 Å². The van der Waals surface area contributed by atoms with Gasteiger partial charge in [-0.2, -0.15) is 0 Å². The van der Waals surface area contributed by atoms with Crippen molar-refractivity contribution in [1.82, 2.24) is 0 Å². The van der Waals surface area contributed by atoms with Crippen molar-refractivity contribution in [2.75, 3.05) is 5.32 Å². The molecule has 29 heavy (non-hydrogen) atoms. The van der Waals surface area contributed by atoms with E-state index in [4.69, 9.17) is 9.15 Å². The fraction of sp³-hybridized carbons (Fsp3) is 0.130. The minimum atomic E-state index is -1.13. The molecular formula is C23H18FNO4. The highest BCUT2D eigenvalue weighted by Gasteiger charge is 2.25. The Balaban J connectivity index is 1.57. The predicted molar refractivity (Wildman–Crippen MR) is 108 cm³/mol. The van der Waals surface area contributed by atoms with Crippen LogP contribution in [-0.4, -0.2) is 18.0 Å². The molecule has 0 radical (unpaired) electrons. The van der Waals surface area contributed by atoms with E-state index >= 15 is 0 Å². The molecule has 3 aromatic carbocycles. The van der Waals surface area contributed by atoms with Gasteiger partial charge in [0.25, 0.3) is 5.91 Å². The fourth-order valence-electron chi connectivity index (χ4n) is 3.21. The van der Waals surface area contributed by atoms with Gasteiger partial charge in [0.2, 0.25) is 5.76 Å². The van der Waals surface area contributed by atoms with Gasteiger partial charge in [-0.1, -0.05) is 48.5 Å². The van der Waals surface area contributed by atoms with Gasteiger partial charge in [0, 0.05) is 16.3 Å². The van der Waals surface area contributed by atoms with Gasteiger partial charge in [-0.15, -0.1) is 0 Å². The van der Waals surface area contributed by atoms with Crippen molar-refractivity contribution >= 4 is 39.3 Å². The van der Waals surface area contributed by atoms with Crippen LogP contribution < -0.4 is 5.32 Å². The van der Waals surface area contributed by atoms with Gasteiger partial charge in [-0.25, -0.2) is 9.18 Å². The number of amides is 1. The molecule has 1 aromatic heterocycles. The largest absolute Gasteiger partial charge is 0.448 e. The zero-order chi connectivity index (χ0) is 20.5. The molecule has 4 rings (SSSR count). The molecule has 6 heteroatoms. The van der Waals surface area contributed by atoms with E-state index in [1.54, 1.807) is 13.0 Å². The maximum atomic E-state index is 13.7. The number of carbonyl (C=O) groups excluding carboxylic acids is 2. The smallest absolute Gasteiger partial charge is 0.375 e. The third-order valence-corrected chi connectivity index (χ3v) is 4.80. The topological polar surface area (TPSA) is 68.5 Å². The molecule has 146 valence electrons. The summed E-state index contributed by atoms with van der Waals surface area (Å²) < 4.78 is 24.8. The quantitative estimate of drug-likeness (QED) is 0.485. The number of hydrogen-bond donors (Lipinski definition) is 1. The van der Waals surface area contributed by atoms with Crippen LogP contribution in [0.4, 0.5) is 10.1 Å². The Labute approximate surface area is 166 Å². The first-order chi connectivity index (χ1) is 14.0. The first-order valence-electron chi connectivity index (χ1n) is 9.13. The number of carbonyl (C=O) groups is 2. The number of aryl methyl sites for hydroxylation is 1. The number of anilines is 1. The van der Waals surface area contributed by atoms with Crippen molar-refractivity contribution in [2.45, 2.75) is 20.0 Å². The number of nitrogens with one attached hydrogen (secondary N) is 1. The van der Waals surface area contributed by atoms with E-state index in [9.17, 15) is 14.0 Å². The summed E-state index contributed by atoms with van der Waals surface area (Å²) in [7, 11) is 0. The molecule has 1 heterocycles. The number of para-hydroxylation sites is 1. The molecule has 4 aromatic rings. The molecule has 0 aliphatic carbocycles. The summed E-state index contributed by atoms with van der Waals surface area (Å²) in [5, 5.41) is 5.09. The highest BCUT2D eigenvalue weighted by Crippen LogP contribution is 2.32. The lowest BCUT2D eigenvalue weighted by Crippen LogP contribution is -2.30. The van der Waals surface area contributed by atoms with Gasteiger partial charge in [0.05, 0.1) is 5.69 Å². The Morgan fingerprint density at radius 1 is 1.00 bits per heavy atom. The molecule has 0 unspecified atom stereocenters. The van der Waals surface area contributed by atoms with E-state index in [-0.39, 0.29) is 11.4 Å². The summed E-state index contributed by atoms with van der Waals surface area (Å²) in [6.45, 7) is 3.18. The lowest BCUT2D eigenvalue weighted by molar-refractivity contribution is -0.123. The maximum Gasteiger partial charge on any atom is 0.375 e. The van der Waals surface area contributed by atoms with Crippen LogP contribution in [0.2, 0.25) is 0 Å². The van der Waals surface area contributed by atoms with Crippen molar-refractivity contribution in [3.8, 4) is 0 Å². The second-order valence-corrected chi connectivity index (χ2v) is 6.74. The Morgan fingerprint density at radius 3 is 2.52 bits per heavy atom. The van der Waals surface area contributed by atoms with E-state index < -0.39 is 23.8 Å². The third-order valence-electron chi connectivity index (χ3n) is 4.80. The third kappa shape index (κ3) is 3.45. The highest BCUT2D eigenvalue weighted by atomic mass is 19.1. The van der Waals surface area contributed by atoms with Gasteiger partial charge in [-0.3, -0.25) is 4.79 Å². The summed E-state index contributed by atoms with van der Waals surface area (Å²) in [6, 6.07) is 17.3. The fourth-order valence-corrected chi connectivity index (χ4v) is 3.21. The lowest BCUT2D eigenvalue weighted by atomic mass is 10.1. The summed E-state index contributed by atoms with van der Waals surface area (Å²) in [5.74, 6) is -1.91. The van der Waals surface area contributed by atoms with Gasteiger partial charge < -0.3 is 14.5 Å². The molecule has 1 amide bonds. The summed E-state index contributed by atoms with van der Waals surface area (Å²) in [6.07, 6.45) is -1.13. The van der Waals surface area contributed by atoms with Crippen molar-refractivity contribution in [3.05, 3.63) is 77.8 Å². The molecule has 1 atom stereocenters. The standard InChI is InChI=1S/C23H18FNO4/c1-13-16-12-11-15-7-3-4-8-17(15)21(16)29-20(13)23(27)28-14(2)22(26)25-19-10-6-5-9-18(19)24/h3-12,14H,1-2H3,(H,25,26)/t14-/m1/s1. The molecular weight excluding hydrogens is 373 g/mol. The summed E-state index contributed by atoms with van der Waals surface area (Å²) >= 11 is 0. The molecule has 5 nitrogen and oxygen atoms in total. The second-order valence-electron chi connectivity index (χ2n) is 6.74. The molecule has 0 saturated heterocycles. The van der Waals surface area contributed by atoms with Gasteiger partial charge >= 0.3 is 5.97 Å². The molecule has 0 bridgehead atoms. The zero-order valence-corrected chi connectivity index (χ0v) is 15.9. The average molecular weight is 391 g/mol.